The van der Waals surface area contributed by atoms with Crippen molar-refractivity contribution in [2.45, 2.75) is 36.2 Å². The van der Waals surface area contributed by atoms with Gasteiger partial charge in [-0.2, -0.15) is 0 Å². The van der Waals surface area contributed by atoms with Crippen molar-refractivity contribution in [3.63, 3.8) is 0 Å². The minimum absolute atomic E-state index is 0.0605. The zero-order chi connectivity index (χ0) is 11.8. The summed E-state index contributed by atoms with van der Waals surface area (Å²) in [5, 5.41) is 15.4. The standard InChI is InChI=1S/C11H15NO3S/c12-16(14,15)10-5-3-4-9(8-10)11(13)6-1-2-7-11/h3-5,8,13H,1-2,6-7H2,(H2,12,14,15). The molecular weight excluding hydrogens is 226 g/mol. The number of aliphatic hydroxyl groups is 1. The summed E-state index contributed by atoms with van der Waals surface area (Å²) in [6, 6.07) is 6.28. The third kappa shape index (κ3) is 2.11. The second kappa shape index (κ2) is 3.84. The molecule has 0 bridgehead atoms. The van der Waals surface area contributed by atoms with E-state index in [2.05, 4.69) is 0 Å². The monoisotopic (exact) mass is 241 g/mol. The lowest BCUT2D eigenvalue weighted by atomic mass is 9.92. The predicted octanol–water partition coefficient (Wildman–Crippen LogP) is 1.10. The lowest BCUT2D eigenvalue weighted by Crippen LogP contribution is -2.22. The minimum atomic E-state index is -3.69. The van der Waals surface area contributed by atoms with Crippen LogP contribution < -0.4 is 5.14 Å². The summed E-state index contributed by atoms with van der Waals surface area (Å²) >= 11 is 0. The van der Waals surface area contributed by atoms with Crippen molar-refractivity contribution < 1.29 is 13.5 Å². The van der Waals surface area contributed by atoms with Crippen LogP contribution in [0.4, 0.5) is 0 Å². The molecule has 5 heteroatoms. The largest absolute Gasteiger partial charge is 0.385 e. The van der Waals surface area contributed by atoms with E-state index < -0.39 is 15.6 Å². The molecule has 0 spiro atoms. The molecule has 4 nitrogen and oxygen atoms in total. The van der Waals surface area contributed by atoms with E-state index in [0.717, 1.165) is 12.8 Å². The van der Waals surface area contributed by atoms with Crippen molar-refractivity contribution in [2.24, 2.45) is 5.14 Å². The van der Waals surface area contributed by atoms with Crippen LogP contribution in [0.2, 0.25) is 0 Å². The second-order valence-electron chi connectivity index (χ2n) is 4.31. The molecule has 0 aromatic heterocycles. The van der Waals surface area contributed by atoms with Crippen LogP contribution >= 0.6 is 0 Å². The van der Waals surface area contributed by atoms with Crippen LogP contribution in [0.5, 0.6) is 0 Å². The van der Waals surface area contributed by atoms with Gasteiger partial charge >= 0.3 is 0 Å². The lowest BCUT2D eigenvalue weighted by Gasteiger charge is -2.22. The number of hydrogen-bond acceptors (Lipinski definition) is 3. The van der Waals surface area contributed by atoms with Crippen LogP contribution in [-0.4, -0.2) is 13.5 Å². The van der Waals surface area contributed by atoms with Crippen LogP contribution in [0.3, 0.4) is 0 Å². The Morgan fingerprint density at radius 2 is 1.88 bits per heavy atom. The second-order valence-corrected chi connectivity index (χ2v) is 5.87. The van der Waals surface area contributed by atoms with Crippen molar-refractivity contribution in [2.75, 3.05) is 0 Å². The highest BCUT2D eigenvalue weighted by Crippen LogP contribution is 2.38. The first-order valence-electron chi connectivity index (χ1n) is 5.28. The molecule has 1 aromatic carbocycles. The Kier molecular flexibility index (Phi) is 2.77. The molecule has 1 saturated carbocycles. The maximum absolute atomic E-state index is 11.2. The molecule has 1 aromatic rings. The average molecular weight is 241 g/mol. The zero-order valence-electron chi connectivity index (χ0n) is 8.89. The Morgan fingerprint density at radius 3 is 2.44 bits per heavy atom. The summed E-state index contributed by atoms with van der Waals surface area (Å²) in [5.41, 5.74) is -0.225. The van der Waals surface area contributed by atoms with E-state index in [1.807, 2.05) is 0 Å². The van der Waals surface area contributed by atoms with Gasteiger partial charge in [0.15, 0.2) is 0 Å². The Balaban J connectivity index is 2.44. The van der Waals surface area contributed by atoms with Gasteiger partial charge in [-0.05, 0) is 30.5 Å². The van der Waals surface area contributed by atoms with E-state index in [-0.39, 0.29) is 4.90 Å². The highest BCUT2D eigenvalue weighted by Gasteiger charge is 2.33. The summed E-state index contributed by atoms with van der Waals surface area (Å²) in [5.74, 6) is 0. The minimum Gasteiger partial charge on any atom is -0.385 e. The van der Waals surface area contributed by atoms with Crippen molar-refractivity contribution in [3.8, 4) is 0 Å². The van der Waals surface area contributed by atoms with Gasteiger partial charge in [-0.1, -0.05) is 25.0 Å². The summed E-state index contributed by atoms with van der Waals surface area (Å²) in [4.78, 5) is 0.0605. The Bertz CT molecular complexity index is 490. The highest BCUT2D eigenvalue weighted by atomic mass is 32.2. The molecule has 0 unspecified atom stereocenters. The molecule has 0 amide bonds. The van der Waals surface area contributed by atoms with Gasteiger partial charge in [0.2, 0.25) is 10.0 Å². The van der Waals surface area contributed by atoms with Crippen molar-refractivity contribution in [1.29, 1.82) is 0 Å². The Hall–Kier alpha value is -0.910. The number of sulfonamides is 1. The van der Waals surface area contributed by atoms with Gasteiger partial charge in [0, 0.05) is 0 Å². The van der Waals surface area contributed by atoms with Gasteiger partial charge in [-0.25, -0.2) is 13.6 Å². The lowest BCUT2D eigenvalue weighted by molar-refractivity contribution is 0.0442. The third-order valence-corrected chi connectivity index (χ3v) is 4.04. The summed E-state index contributed by atoms with van der Waals surface area (Å²) in [7, 11) is -3.69. The van der Waals surface area contributed by atoms with Crippen LogP contribution in [0, 0.1) is 0 Å². The fourth-order valence-electron chi connectivity index (χ4n) is 2.21. The van der Waals surface area contributed by atoms with Crippen molar-refractivity contribution in [1.82, 2.24) is 0 Å². The van der Waals surface area contributed by atoms with Gasteiger partial charge < -0.3 is 5.11 Å². The fourth-order valence-corrected chi connectivity index (χ4v) is 2.77. The number of hydrogen-bond donors (Lipinski definition) is 2. The van der Waals surface area contributed by atoms with Crippen molar-refractivity contribution >= 4 is 10.0 Å². The van der Waals surface area contributed by atoms with Gasteiger partial charge in [0.1, 0.15) is 0 Å². The molecule has 16 heavy (non-hydrogen) atoms. The van der Waals surface area contributed by atoms with Gasteiger partial charge in [-0.3, -0.25) is 0 Å². The zero-order valence-corrected chi connectivity index (χ0v) is 9.70. The summed E-state index contributed by atoms with van der Waals surface area (Å²) < 4.78 is 22.4. The van der Waals surface area contributed by atoms with Gasteiger partial charge in [-0.15, -0.1) is 0 Å². The molecule has 0 atom stereocenters. The van der Waals surface area contributed by atoms with E-state index in [1.165, 1.54) is 12.1 Å². The molecule has 0 aliphatic heterocycles. The molecule has 0 saturated heterocycles. The third-order valence-electron chi connectivity index (χ3n) is 3.13. The molecule has 0 radical (unpaired) electrons. The van der Waals surface area contributed by atoms with Gasteiger partial charge in [0.25, 0.3) is 0 Å². The van der Waals surface area contributed by atoms with E-state index in [9.17, 15) is 13.5 Å². The van der Waals surface area contributed by atoms with Gasteiger partial charge in [0.05, 0.1) is 10.5 Å². The molecule has 0 heterocycles. The van der Waals surface area contributed by atoms with E-state index >= 15 is 0 Å². The quantitative estimate of drug-likeness (QED) is 0.813. The number of benzene rings is 1. The Morgan fingerprint density at radius 1 is 1.25 bits per heavy atom. The van der Waals surface area contributed by atoms with E-state index in [4.69, 9.17) is 5.14 Å². The van der Waals surface area contributed by atoms with E-state index in [1.54, 1.807) is 12.1 Å². The van der Waals surface area contributed by atoms with Crippen molar-refractivity contribution in [3.05, 3.63) is 29.8 Å². The van der Waals surface area contributed by atoms with Crippen LogP contribution in [0.15, 0.2) is 29.2 Å². The van der Waals surface area contributed by atoms with Crippen LogP contribution in [0.1, 0.15) is 31.2 Å². The normalized spacial score (nSPS) is 19.9. The number of primary sulfonamides is 1. The average Bonchev–Trinajstić information content (AvgIpc) is 2.66. The molecule has 1 aliphatic carbocycles. The topological polar surface area (TPSA) is 80.4 Å². The Labute approximate surface area is 95.1 Å². The highest BCUT2D eigenvalue weighted by molar-refractivity contribution is 7.89. The summed E-state index contributed by atoms with van der Waals surface area (Å²) in [6.07, 6.45) is 3.30. The molecule has 1 fully saturated rings. The predicted molar refractivity (Wildman–Crippen MR) is 60.2 cm³/mol. The molecule has 1 aliphatic rings. The van der Waals surface area contributed by atoms with E-state index in [0.29, 0.717) is 18.4 Å². The molecule has 3 N–H and O–H groups in total. The molecule has 88 valence electrons. The SMILES string of the molecule is NS(=O)(=O)c1cccc(C2(O)CCCC2)c1. The number of nitrogens with two attached hydrogens (primary N) is 1. The smallest absolute Gasteiger partial charge is 0.238 e. The molecular formula is C11H15NO3S. The van der Waals surface area contributed by atoms with Crippen LogP contribution in [0.25, 0.3) is 0 Å². The first-order chi connectivity index (χ1) is 7.42. The van der Waals surface area contributed by atoms with Crippen LogP contribution in [-0.2, 0) is 15.6 Å². The summed E-state index contributed by atoms with van der Waals surface area (Å²) in [6.45, 7) is 0. The number of rotatable bonds is 2. The first kappa shape index (κ1) is 11.6. The molecule has 2 rings (SSSR count). The first-order valence-corrected chi connectivity index (χ1v) is 6.82. The maximum atomic E-state index is 11.2. The fraction of sp³-hybridized carbons (Fsp3) is 0.455. The maximum Gasteiger partial charge on any atom is 0.238 e.